The van der Waals surface area contributed by atoms with Crippen molar-refractivity contribution in [2.45, 2.75) is 13.8 Å². The zero-order valence-electron chi connectivity index (χ0n) is 9.40. The summed E-state index contributed by atoms with van der Waals surface area (Å²) in [6.07, 6.45) is 1.89. The van der Waals surface area contributed by atoms with E-state index in [1.54, 1.807) is 13.1 Å². The highest BCUT2D eigenvalue weighted by Gasteiger charge is 2.16. The van der Waals surface area contributed by atoms with E-state index in [2.05, 4.69) is 10.1 Å². The van der Waals surface area contributed by atoms with Crippen LogP contribution in [0.2, 0.25) is 0 Å². The number of rotatable bonds is 2. The first-order chi connectivity index (χ1) is 7.50. The van der Waals surface area contributed by atoms with Crippen LogP contribution in [0.1, 0.15) is 21.7 Å². The molecule has 0 aromatic carbocycles. The van der Waals surface area contributed by atoms with Crippen LogP contribution in [0.5, 0.6) is 0 Å². The molecule has 2 rings (SSSR count). The van der Waals surface area contributed by atoms with Crippen molar-refractivity contribution in [3.63, 3.8) is 0 Å². The van der Waals surface area contributed by atoms with Gasteiger partial charge in [0.15, 0.2) is 0 Å². The molecule has 0 saturated heterocycles. The highest BCUT2D eigenvalue weighted by atomic mass is 16.4. The molecule has 0 amide bonds. The van der Waals surface area contributed by atoms with E-state index in [0.29, 0.717) is 5.69 Å². The quantitative estimate of drug-likeness (QED) is 0.808. The fourth-order valence-corrected chi connectivity index (χ4v) is 1.84. The van der Waals surface area contributed by atoms with Crippen LogP contribution in [0.3, 0.4) is 0 Å². The van der Waals surface area contributed by atoms with E-state index < -0.39 is 5.97 Å². The molecule has 0 aliphatic heterocycles. The predicted molar refractivity (Wildman–Crippen MR) is 59.4 cm³/mol. The molecule has 0 atom stereocenters. The van der Waals surface area contributed by atoms with E-state index in [4.69, 9.17) is 5.11 Å². The molecular formula is C11H13N3O2. The number of hydrogen-bond acceptors (Lipinski definition) is 2. The fraction of sp³-hybridized carbons (Fsp3) is 0.273. The summed E-state index contributed by atoms with van der Waals surface area (Å²) in [5.74, 6) is -0.966. The lowest BCUT2D eigenvalue weighted by Gasteiger charge is -1.96. The van der Waals surface area contributed by atoms with Gasteiger partial charge in [-0.15, -0.1) is 0 Å². The second-order valence-corrected chi connectivity index (χ2v) is 3.82. The van der Waals surface area contributed by atoms with Gasteiger partial charge in [-0.25, -0.2) is 4.79 Å². The molecule has 0 aliphatic rings. The molecule has 0 radical (unpaired) electrons. The summed E-state index contributed by atoms with van der Waals surface area (Å²) in [4.78, 5) is 14.0. The highest BCUT2D eigenvalue weighted by Crippen LogP contribution is 2.25. The van der Waals surface area contributed by atoms with Crippen LogP contribution in [0, 0.1) is 13.8 Å². The lowest BCUT2D eigenvalue weighted by molar-refractivity contribution is 0.0685. The number of nitrogens with zero attached hydrogens (tertiary/aromatic N) is 2. The van der Waals surface area contributed by atoms with Gasteiger partial charge in [0.05, 0.1) is 5.69 Å². The average Bonchev–Trinajstić information content (AvgIpc) is 2.70. The first-order valence-electron chi connectivity index (χ1n) is 4.93. The number of aromatic carboxylic acids is 1. The summed E-state index contributed by atoms with van der Waals surface area (Å²) in [6, 6.07) is 1.59. The standard InChI is InChI=1S/C11H13N3O2/c1-6-5-12-7(2)10(6)8-4-9(11(15)16)14(3)13-8/h4-5,12H,1-3H3,(H,15,16). The van der Waals surface area contributed by atoms with Gasteiger partial charge in [-0.3, -0.25) is 4.68 Å². The highest BCUT2D eigenvalue weighted by molar-refractivity contribution is 5.87. The molecule has 84 valence electrons. The van der Waals surface area contributed by atoms with Crippen molar-refractivity contribution < 1.29 is 9.90 Å². The van der Waals surface area contributed by atoms with Crippen LogP contribution >= 0.6 is 0 Å². The molecule has 5 nitrogen and oxygen atoms in total. The Hall–Kier alpha value is -2.04. The number of aryl methyl sites for hydroxylation is 3. The molecule has 16 heavy (non-hydrogen) atoms. The molecule has 0 fully saturated rings. The van der Waals surface area contributed by atoms with Crippen LogP contribution in [-0.4, -0.2) is 25.8 Å². The van der Waals surface area contributed by atoms with Crippen molar-refractivity contribution in [3.8, 4) is 11.3 Å². The SMILES string of the molecule is Cc1c[nH]c(C)c1-c1cc(C(=O)O)n(C)n1. The van der Waals surface area contributed by atoms with Crippen molar-refractivity contribution in [1.29, 1.82) is 0 Å². The fourth-order valence-electron chi connectivity index (χ4n) is 1.84. The van der Waals surface area contributed by atoms with Gasteiger partial charge in [-0.1, -0.05) is 0 Å². The number of aromatic nitrogens is 3. The first kappa shape index (κ1) is 10.5. The molecule has 0 spiro atoms. The lowest BCUT2D eigenvalue weighted by atomic mass is 10.1. The van der Waals surface area contributed by atoms with Gasteiger partial charge in [-0.05, 0) is 25.5 Å². The maximum atomic E-state index is 10.9. The largest absolute Gasteiger partial charge is 0.477 e. The number of carbonyl (C=O) groups is 1. The molecule has 0 bridgehead atoms. The molecule has 2 aromatic heterocycles. The molecular weight excluding hydrogens is 206 g/mol. The maximum Gasteiger partial charge on any atom is 0.354 e. The van der Waals surface area contributed by atoms with Crippen LogP contribution in [0.15, 0.2) is 12.3 Å². The Kier molecular flexibility index (Phi) is 2.30. The molecule has 5 heteroatoms. The van der Waals surface area contributed by atoms with Crippen molar-refractivity contribution in [3.05, 3.63) is 29.2 Å². The Morgan fingerprint density at radius 3 is 2.62 bits per heavy atom. The van der Waals surface area contributed by atoms with E-state index >= 15 is 0 Å². The lowest BCUT2D eigenvalue weighted by Crippen LogP contribution is -2.04. The summed E-state index contributed by atoms with van der Waals surface area (Å²) in [5.41, 5.74) is 3.91. The van der Waals surface area contributed by atoms with E-state index in [1.807, 2.05) is 20.0 Å². The topological polar surface area (TPSA) is 70.9 Å². The summed E-state index contributed by atoms with van der Waals surface area (Å²) >= 11 is 0. The van der Waals surface area contributed by atoms with Gasteiger partial charge >= 0.3 is 5.97 Å². The van der Waals surface area contributed by atoms with Gasteiger partial charge in [-0.2, -0.15) is 5.10 Å². The zero-order chi connectivity index (χ0) is 11.9. The monoisotopic (exact) mass is 219 g/mol. The Bertz CT molecular complexity index is 532. The minimum absolute atomic E-state index is 0.190. The molecule has 2 aromatic rings. The van der Waals surface area contributed by atoms with Gasteiger partial charge in [0.1, 0.15) is 5.69 Å². The van der Waals surface area contributed by atoms with Crippen molar-refractivity contribution >= 4 is 5.97 Å². The van der Waals surface area contributed by atoms with E-state index in [9.17, 15) is 4.79 Å². The Labute approximate surface area is 92.7 Å². The summed E-state index contributed by atoms with van der Waals surface area (Å²) in [5, 5.41) is 13.2. The van der Waals surface area contributed by atoms with Crippen molar-refractivity contribution in [2.75, 3.05) is 0 Å². The Morgan fingerprint density at radius 2 is 2.19 bits per heavy atom. The van der Waals surface area contributed by atoms with E-state index in [-0.39, 0.29) is 5.69 Å². The molecule has 2 N–H and O–H groups in total. The third-order valence-electron chi connectivity index (χ3n) is 2.63. The van der Waals surface area contributed by atoms with Crippen LogP contribution in [0.4, 0.5) is 0 Å². The van der Waals surface area contributed by atoms with Gasteiger partial charge in [0, 0.05) is 24.5 Å². The normalized spacial score (nSPS) is 10.7. The van der Waals surface area contributed by atoms with Gasteiger partial charge in [0.2, 0.25) is 0 Å². The van der Waals surface area contributed by atoms with Crippen LogP contribution in [0.25, 0.3) is 11.3 Å². The summed E-state index contributed by atoms with van der Waals surface area (Å²) in [6.45, 7) is 3.91. The summed E-state index contributed by atoms with van der Waals surface area (Å²) < 4.78 is 1.38. The van der Waals surface area contributed by atoms with Crippen LogP contribution in [-0.2, 0) is 7.05 Å². The number of hydrogen-bond donors (Lipinski definition) is 2. The molecule has 0 saturated carbocycles. The smallest absolute Gasteiger partial charge is 0.354 e. The molecule has 2 heterocycles. The predicted octanol–water partition coefficient (Wildman–Crippen LogP) is 1.73. The van der Waals surface area contributed by atoms with Gasteiger partial charge < -0.3 is 10.1 Å². The number of carboxylic acids is 1. The first-order valence-corrected chi connectivity index (χ1v) is 4.93. The molecule has 0 aliphatic carbocycles. The van der Waals surface area contributed by atoms with E-state index in [0.717, 1.165) is 16.8 Å². The van der Waals surface area contributed by atoms with Crippen molar-refractivity contribution in [2.24, 2.45) is 7.05 Å². The minimum Gasteiger partial charge on any atom is -0.477 e. The third kappa shape index (κ3) is 1.50. The van der Waals surface area contributed by atoms with Crippen molar-refractivity contribution in [1.82, 2.24) is 14.8 Å². The second kappa shape index (κ2) is 3.52. The Morgan fingerprint density at radius 1 is 1.50 bits per heavy atom. The minimum atomic E-state index is -0.966. The van der Waals surface area contributed by atoms with Crippen LogP contribution < -0.4 is 0 Å². The Balaban J connectivity index is 2.58. The number of aromatic amines is 1. The maximum absolute atomic E-state index is 10.9. The summed E-state index contributed by atoms with van der Waals surface area (Å²) in [7, 11) is 1.63. The third-order valence-corrected chi connectivity index (χ3v) is 2.63. The second-order valence-electron chi connectivity index (χ2n) is 3.82. The number of nitrogens with one attached hydrogen (secondary N) is 1. The average molecular weight is 219 g/mol. The van der Waals surface area contributed by atoms with Gasteiger partial charge in [0.25, 0.3) is 0 Å². The number of H-pyrrole nitrogens is 1. The van der Waals surface area contributed by atoms with E-state index in [1.165, 1.54) is 4.68 Å². The molecule has 0 unspecified atom stereocenters. The number of carboxylic acid groups (broad SMARTS) is 1. The zero-order valence-corrected chi connectivity index (χ0v) is 9.40.